The second-order valence-electron chi connectivity index (χ2n) is 4.81. The van der Waals surface area contributed by atoms with Gasteiger partial charge >= 0.3 is 0 Å². The third-order valence-electron chi connectivity index (χ3n) is 3.07. The Hall–Kier alpha value is -1.17. The van der Waals surface area contributed by atoms with Gasteiger partial charge in [0.1, 0.15) is 11.9 Å². The number of methoxy groups -OCH3 is 1. The molecule has 19 heavy (non-hydrogen) atoms. The van der Waals surface area contributed by atoms with Crippen LogP contribution in [0, 0.1) is 5.92 Å². The molecule has 0 aliphatic carbocycles. The predicted octanol–water partition coefficient (Wildman–Crippen LogP) is 2.44. The van der Waals surface area contributed by atoms with Crippen molar-refractivity contribution in [2.24, 2.45) is 13.0 Å². The molecule has 104 valence electrons. The lowest BCUT2D eigenvalue weighted by atomic mass is 10.1. The van der Waals surface area contributed by atoms with Gasteiger partial charge in [-0.3, -0.25) is 0 Å². The van der Waals surface area contributed by atoms with Crippen LogP contribution >= 0.6 is 11.3 Å². The molecule has 2 heterocycles. The highest BCUT2D eigenvalue weighted by Gasteiger charge is 2.19. The van der Waals surface area contributed by atoms with Crippen LogP contribution in [0.5, 0.6) is 0 Å². The monoisotopic (exact) mass is 279 g/mol. The first-order valence-corrected chi connectivity index (χ1v) is 7.33. The minimum atomic E-state index is 0.152. The van der Waals surface area contributed by atoms with Crippen molar-refractivity contribution in [2.45, 2.75) is 13.0 Å². The highest BCUT2D eigenvalue weighted by Crippen LogP contribution is 2.24. The molecule has 2 aromatic rings. The topological polar surface area (TPSA) is 39.1 Å². The zero-order chi connectivity index (χ0) is 13.7. The van der Waals surface area contributed by atoms with Crippen molar-refractivity contribution in [3.8, 4) is 0 Å². The van der Waals surface area contributed by atoms with E-state index in [0.717, 1.165) is 19.0 Å². The lowest BCUT2D eigenvalue weighted by Crippen LogP contribution is -2.30. The number of rotatable bonds is 7. The first-order valence-electron chi connectivity index (χ1n) is 6.45. The first kappa shape index (κ1) is 14.2. The summed E-state index contributed by atoms with van der Waals surface area (Å²) >= 11 is 1.76. The Kier molecular flexibility index (Phi) is 5.13. The molecule has 0 aliphatic heterocycles. The number of thiophene rings is 1. The van der Waals surface area contributed by atoms with E-state index in [0.29, 0.717) is 5.92 Å². The molecular weight excluding hydrogens is 258 g/mol. The molecule has 0 saturated heterocycles. The maximum absolute atomic E-state index is 5.18. The highest BCUT2D eigenvalue weighted by atomic mass is 32.1. The molecule has 5 heteroatoms. The van der Waals surface area contributed by atoms with Gasteiger partial charge in [-0.15, -0.1) is 11.3 Å². The Labute approximate surface area is 118 Å². The molecule has 4 nitrogen and oxygen atoms in total. The molecule has 2 unspecified atom stereocenters. The van der Waals surface area contributed by atoms with Crippen LogP contribution in [0.2, 0.25) is 0 Å². The van der Waals surface area contributed by atoms with Crippen molar-refractivity contribution in [2.75, 3.05) is 20.3 Å². The normalized spacial score (nSPS) is 14.5. The van der Waals surface area contributed by atoms with Gasteiger partial charge in [0.05, 0.1) is 0 Å². The molecule has 2 rings (SSSR count). The van der Waals surface area contributed by atoms with Crippen molar-refractivity contribution >= 4 is 11.3 Å². The van der Waals surface area contributed by atoms with E-state index in [1.165, 1.54) is 4.88 Å². The standard InChI is InChI=1S/C14H21N3OS/c1-11(10-18-3)9-16-13(12-5-4-8-19-12)14-15-6-7-17(14)2/h4-8,11,13,16H,9-10H2,1-3H3. The van der Waals surface area contributed by atoms with Crippen molar-refractivity contribution in [3.63, 3.8) is 0 Å². The number of ether oxygens (including phenoxy) is 1. The van der Waals surface area contributed by atoms with Crippen LogP contribution in [0.3, 0.4) is 0 Å². The minimum Gasteiger partial charge on any atom is -0.384 e. The lowest BCUT2D eigenvalue weighted by molar-refractivity contribution is 0.157. The number of aromatic nitrogens is 2. The molecule has 0 bridgehead atoms. The van der Waals surface area contributed by atoms with Crippen LogP contribution in [0.25, 0.3) is 0 Å². The number of hydrogen-bond acceptors (Lipinski definition) is 4. The van der Waals surface area contributed by atoms with Crippen LogP contribution in [0.15, 0.2) is 29.9 Å². The largest absolute Gasteiger partial charge is 0.384 e. The molecule has 0 fully saturated rings. The van der Waals surface area contributed by atoms with Gasteiger partial charge in [-0.1, -0.05) is 13.0 Å². The molecule has 0 aliphatic rings. The van der Waals surface area contributed by atoms with Gasteiger partial charge in [-0.25, -0.2) is 4.98 Å². The Bertz CT molecular complexity index is 481. The summed E-state index contributed by atoms with van der Waals surface area (Å²) in [7, 11) is 3.77. The zero-order valence-corrected chi connectivity index (χ0v) is 12.5. The number of aryl methyl sites for hydroxylation is 1. The van der Waals surface area contributed by atoms with Crippen molar-refractivity contribution < 1.29 is 4.74 Å². The van der Waals surface area contributed by atoms with Crippen LogP contribution in [0.1, 0.15) is 23.7 Å². The van der Waals surface area contributed by atoms with Gasteiger partial charge < -0.3 is 14.6 Å². The average molecular weight is 279 g/mol. The molecule has 2 atom stereocenters. The molecule has 2 aromatic heterocycles. The Morgan fingerprint density at radius 2 is 2.37 bits per heavy atom. The second-order valence-corrected chi connectivity index (χ2v) is 5.79. The van der Waals surface area contributed by atoms with Crippen LogP contribution < -0.4 is 5.32 Å². The smallest absolute Gasteiger partial charge is 0.131 e. The molecule has 0 aromatic carbocycles. The van der Waals surface area contributed by atoms with Gasteiger partial charge in [0.15, 0.2) is 0 Å². The Morgan fingerprint density at radius 3 is 2.95 bits per heavy atom. The van der Waals surface area contributed by atoms with Crippen LogP contribution in [-0.4, -0.2) is 29.8 Å². The molecule has 0 amide bonds. The summed E-state index contributed by atoms with van der Waals surface area (Å²) in [5, 5.41) is 5.70. The van der Waals surface area contributed by atoms with Crippen LogP contribution in [-0.2, 0) is 11.8 Å². The van der Waals surface area contributed by atoms with Gasteiger partial charge in [0.2, 0.25) is 0 Å². The fourth-order valence-electron chi connectivity index (χ4n) is 2.09. The van der Waals surface area contributed by atoms with Crippen molar-refractivity contribution in [1.29, 1.82) is 0 Å². The van der Waals surface area contributed by atoms with Crippen molar-refractivity contribution in [3.05, 3.63) is 40.6 Å². The predicted molar refractivity (Wildman–Crippen MR) is 78.4 cm³/mol. The number of hydrogen-bond donors (Lipinski definition) is 1. The van der Waals surface area contributed by atoms with E-state index in [-0.39, 0.29) is 6.04 Å². The summed E-state index contributed by atoms with van der Waals surface area (Å²) in [5.74, 6) is 1.53. The summed E-state index contributed by atoms with van der Waals surface area (Å²) in [5.41, 5.74) is 0. The van der Waals surface area contributed by atoms with Gasteiger partial charge in [-0.2, -0.15) is 0 Å². The van der Waals surface area contributed by atoms with E-state index in [4.69, 9.17) is 4.74 Å². The van der Waals surface area contributed by atoms with E-state index in [1.54, 1.807) is 18.4 Å². The lowest BCUT2D eigenvalue weighted by Gasteiger charge is -2.20. The third-order valence-corrected chi connectivity index (χ3v) is 4.00. The summed E-state index contributed by atoms with van der Waals surface area (Å²) in [6, 6.07) is 4.38. The SMILES string of the molecule is COCC(C)CNC(c1cccs1)c1nccn1C. The van der Waals surface area contributed by atoms with Gasteiger partial charge in [0, 0.05) is 44.6 Å². The van der Waals surface area contributed by atoms with Gasteiger partial charge in [-0.05, 0) is 17.4 Å². The fraction of sp³-hybridized carbons (Fsp3) is 0.500. The molecule has 0 saturated carbocycles. The van der Waals surface area contributed by atoms with E-state index in [1.807, 2.05) is 19.4 Å². The third kappa shape index (κ3) is 3.65. The Morgan fingerprint density at radius 1 is 1.53 bits per heavy atom. The Balaban J connectivity index is 2.10. The fourth-order valence-corrected chi connectivity index (χ4v) is 2.89. The summed E-state index contributed by atoms with van der Waals surface area (Å²) in [6.07, 6.45) is 3.83. The highest BCUT2D eigenvalue weighted by molar-refractivity contribution is 7.10. The molecular formula is C14H21N3OS. The minimum absolute atomic E-state index is 0.152. The van der Waals surface area contributed by atoms with Crippen LogP contribution in [0.4, 0.5) is 0 Å². The first-order chi connectivity index (χ1) is 9.22. The summed E-state index contributed by atoms with van der Waals surface area (Å²) < 4.78 is 7.25. The summed E-state index contributed by atoms with van der Waals surface area (Å²) in [4.78, 5) is 5.76. The van der Waals surface area contributed by atoms with E-state index >= 15 is 0 Å². The number of imidazole rings is 1. The zero-order valence-electron chi connectivity index (χ0n) is 11.7. The maximum atomic E-state index is 5.18. The molecule has 0 spiro atoms. The summed E-state index contributed by atoms with van der Waals surface area (Å²) in [6.45, 7) is 3.86. The maximum Gasteiger partial charge on any atom is 0.131 e. The average Bonchev–Trinajstić information content (AvgIpc) is 3.03. The van der Waals surface area contributed by atoms with E-state index in [9.17, 15) is 0 Å². The number of nitrogens with one attached hydrogen (secondary N) is 1. The van der Waals surface area contributed by atoms with Crippen molar-refractivity contribution in [1.82, 2.24) is 14.9 Å². The van der Waals surface area contributed by atoms with Gasteiger partial charge in [0.25, 0.3) is 0 Å². The number of nitrogens with zero attached hydrogens (tertiary/aromatic N) is 2. The van der Waals surface area contributed by atoms with E-state index < -0.39 is 0 Å². The quantitative estimate of drug-likeness (QED) is 0.846. The second kappa shape index (κ2) is 6.84. The van der Waals surface area contributed by atoms with E-state index in [2.05, 4.69) is 39.3 Å². The molecule has 0 radical (unpaired) electrons. The molecule has 1 N–H and O–H groups in total.